The minimum absolute atomic E-state index is 0.115. The van der Waals surface area contributed by atoms with E-state index in [4.69, 9.17) is 35.4 Å². The zero-order valence-corrected chi connectivity index (χ0v) is 15.4. The third-order valence-electron chi connectivity index (χ3n) is 3.51. The number of hydrogen-bond acceptors (Lipinski definition) is 3. The van der Waals surface area contributed by atoms with Crippen molar-refractivity contribution in [3.63, 3.8) is 0 Å². The summed E-state index contributed by atoms with van der Waals surface area (Å²) in [6, 6.07) is 4.96. The molecule has 1 fully saturated rings. The van der Waals surface area contributed by atoms with E-state index in [1.165, 1.54) is 11.8 Å². The van der Waals surface area contributed by atoms with Crippen LogP contribution in [0.3, 0.4) is 0 Å². The van der Waals surface area contributed by atoms with E-state index >= 15 is 0 Å². The third kappa shape index (κ3) is 5.61. The molecule has 0 atom stereocenters. The molecule has 0 aromatic heterocycles. The predicted octanol–water partition coefficient (Wildman–Crippen LogP) is 4.68. The number of nitrogens with one attached hydrogen (secondary N) is 1. The Labute approximate surface area is 150 Å². The van der Waals surface area contributed by atoms with Crippen molar-refractivity contribution in [3.05, 3.63) is 28.2 Å². The van der Waals surface area contributed by atoms with Crippen molar-refractivity contribution in [3.8, 4) is 0 Å². The lowest BCUT2D eigenvalue weighted by atomic mass is 10.00. The van der Waals surface area contributed by atoms with Gasteiger partial charge in [0.15, 0.2) is 0 Å². The molecule has 1 aliphatic rings. The number of thiocarbonyl (C=S) groups is 1. The van der Waals surface area contributed by atoms with Crippen LogP contribution in [0.15, 0.2) is 18.2 Å². The quantitative estimate of drug-likeness (QED) is 0.775. The lowest BCUT2D eigenvalue weighted by Gasteiger charge is -2.31. The van der Waals surface area contributed by atoms with Crippen LogP contribution < -0.4 is 5.32 Å². The van der Waals surface area contributed by atoms with Crippen LogP contribution in [0.4, 0.5) is 5.69 Å². The predicted molar refractivity (Wildman–Crippen MR) is 100 cm³/mol. The summed E-state index contributed by atoms with van der Waals surface area (Å²) in [5.74, 6) is 0.936. The Balaban J connectivity index is 1.78. The van der Waals surface area contributed by atoms with Crippen LogP contribution in [0.2, 0.25) is 10.0 Å². The largest absolute Gasteiger partial charge is 0.357 e. The molecule has 1 aromatic rings. The number of hydrogen-bond donors (Lipinski definition) is 1. The van der Waals surface area contributed by atoms with Crippen molar-refractivity contribution in [2.75, 3.05) is 24.2 Å². The van der Waals surface area contributed by atoms with Crippen LogP contribution in [0, 0.1) is 5.92 Å². The SMILES string of the molecule is CC1CCN(C(=S)SCC(=O)Nc2cc(Cl)cc(Cl)c2)CC1. The summed E-state index contributed by atoms with van der Waals surface area (Å²) in [5.41, 5.74) is 0.598. The van der Waals surface area contributed by atoms with Gasteiger partial charge in [0.2, 0.25) is 5.91 Å². The molecule has 0 aliphatic carbocycles. The van der Waals surface area contributed by atoms with Crippen molar-refractivity contribution >= 4 is 63.1 Å². The second kappa shape index (κ2) is 8.39. The summed E-state index contributed by atoms with van der Waals surface area (Å²) >= 11 is 18.6. The minimum atomic E-state index is -0.115. The molecule has 22 heavy (non-hydrogen) atoms. The maximum Gasteiger partial charge on any atom is 0.234 e. The summed E-state index contributed by atoms with van der Waals surface area (Å²) < 4.78 is 0.797. The van der Waals surface area contributed by atoms with Gasteiger partial charge in [-0.25, -0.2) is 0 Å². The number of carbonyl (C=O) groups is 1. The van der Waals surface area contributed by atoms with Crippen LogP contribution in [-0.2, 0) is 4.79 Å². The first kappa shape index (κ1) is 17.9. The smallest absolute Gasteiger partial charge is 0.234 e. The zero-order chi connectivity index (χ0) is 16.1. The molecule has 1 saturated heterocycles. The fourth-order valence-electron chi connectivity index (χ4n) is 2.23. The highest BCUT2D eigenvalue weighted by Gasteiger charge is 2.18. The molecule has 0 unspecified atom stereocenters. The third-order valence-corrected chi connectivity index (χ3v) is 5.47. The molecule has 0 radical (unpaired) electrons. The summed E-state index contributed by atoms with van der Waals surface area (Å²) in [4.78, 5) is 14.2. The summed E-state index contributed by atoms with van der Waals surface area (Å²) in [7, 11) is 0. The molecule has 3 nitrogen and oxygen atoms in total. The van der Waals surface area contributed by atoms with E-state index in [2.05, 4.69) is 17.1 Å². The van der Waals surface area contributed by atoms with Gasteiger partial charge in [-0.3, -0.25) is 4.79 Å². The van der Waals surface area contributed by atoms with Gasteiger partial charge in [0.25, 0.3) is 0 Å². The van der Waals surface area contributed by atoms with E-state index in [-0.39, 0.29) is 11.7 Å². The molecule has 1 heterocycles. The number of rotatable bonds is 3. The molecule has 1 aliphatic heterocycles. The Hall–Kier alpha value is -0.490. The topological polar surface area (TPSA) is 32.3 Å². The van der Waals surface area contributed by atoms with Crippen LogP contribution in [0.1, 0.15) is 19.8 Å². The molecular weight excluding hydrogens is 359 g/mol. The van der Waals surface area contributed by atoms with Crippen molar-refractivity contribution in [1.82, 2.24) is 4.90 Å². The maximum absolute atomic E-state index is 12.0. The van der Waals surface area contributed by atoms with Crippen molar-refractivity contribution in [2.45, 2.75) is 19.8 Å². The average Bonchev–Trinajstić information content (AvgIpc) is 2.44. The number of piperidine rings is 1. The molecule has 1 aromatic carbocycles. The lowest BCUT2D eigenvalue weighted by Crippen LogP contribution is -2.36. The molecular formula is C15H18Cl2N2OS2. The van der Waals surface area contributed by atoms with E-state index in [0.717, 1.165) is 36.2 Å². The first-order chi connectivity index (χ1) is 10.4. The van der Waals surface area contributed by atoms with E-state index in [1.54, 1.807) is 18.2 Å². The molecule has 0 spiro atoms. The Bertz CT molecular complexity index is 540. The number of benzene rings is 1. The molecule has 1 amide bonds. The number of halogens is 2. The molecule has 2 rings (SSSR count). The average molecular weight is 377 g/mol. The van der Waals surface area contributed by atoms with Gasteiger partial charge in [-0.2, -0.15) is 0 Å². The number of amides is 1. The minimum Gasteiger partial charge on any atom is -0.357 e. The van der Waals surface area contributed by atoms with Gasteiger partial charge in [0, 0.05) is 28.8 Å². The number of carbonyl (C=O) groups excluding carboxylic acids is 1. The van der Waals surface area contributed by atoms with Gasteiger partial charge >= 0.3 is 0 Å². The number of anilines is 1. The zero-order valence-electron chi connectivity index (χ0n) is 12.3. The maximum atomic E-state index is 12.0. The summed E-state index contributed by atoms with van der Waals surface area (Å²) in [5, 5.41) is 3.77. The molecule has 120 valence electrons. The van der Waals surface area contributed by atoms with Gasteiger partial charge in [-0.1, -0.05) is 54.1 Å². The highest BCUT2D eigenvalue weighted by atomic mass is 35.5. The normalized spacial score (nSPS) is 15.7. The second-order valence-corrected chi connectivity index (χ2v) is 7.91. The summed E-state index contributed by atoms with van der Waals surface area (Å²) in [6.45, 7) is 4.23. The Morgan fingerprint density at radius 2 is 1.91 bits per heavy atom. The Kier molecular flexibility index (Phi) is 6.81. The first-order valence-electron chi connectivity index (χ1n) is 7.11. The highest BCUT2D eigenvalue weighted by Crippen LogP contribution is 2.23. The van der Waals surface area contributed by atoms with Crippen molar-refractivity contribution in [2.24, 2.45) is 5.92 Å². The Morgan fingerprint density at radius 1 is 1.32 bits per heavy atom. The number of nitrogens with zero attached hydrogens (tertiary/aromatic N) is 1. The van der Waals surface area contributed by atoms with Gasteiger partial charge < -0.3 is 10.2 Å². The van der Waals surface area contributed by atoms with E-state index < -0.39 is 0 Å². The highest BCUT2D eigenvalue weighted by molar-refractivity contribution is 8.23. The fraction of sp³-hybridized carbons (Fsp3) is 0.467. The number of likely N-dealkylation sites (tertiary alicyclic amines) is 1. The Morgan fingerprint density at radius 3 is 2.50 bits per heavy atom. The molecule has 1 N–H and O–H groups in total. The van der Waals surface area contributed by atoms with Gasteiger partial charge in [0.05, 0.1) is 5.75 Å². The monoisotopic (exact) mass is 376 g/mol. The molecule has 0 saturated carbocycles. The van der Waals surface area contributed by atoms with Crippen molar-refractivity contribution in [1.29, 1.82) is 0 Å². The second-order valence-electron chi connectivity index (χ2n) is 5.43. The van der Waals surface area contributed by atoms with Gasteiger partial charge in [0.1, 0.15) is 4.32 Å². The van der Waals surface area contributed by atoms with Crippen molar-refractivity contribution < 1.29 is 4.79 Å². The molecule has 7 heteroatoms. The lowest BCUT2D eigenvalue weighted by molar-refractivity contribution is -0.113. The van der Waals surface area contributed by atoms with Gasteiger partial charge in [-0.05, 0) is 37.0 Å². The van der Waals surface area contributed by atoms with E-state index in [1.807, 2.05) is 0 Å². The summed E-state index contributed by atoms with van der Waals surface area (Å²) in [6.07, 6.45) is 2.32. The molecule has 0 bridgehead atoms. The van der Waals surface area contributed by atoms with Gasteiger partial charge in [-0.15, -0.1) is 0 Å². The van der Waals surface area contributed by atoms with E-state index in [0.29, 0.717) is 15.7 Å². The first-order valence-corrected chi connectivity index (χ1v) is 9.26. The van der Waals surface area contributed by atoms with Crippen LogP contribution in [0.5, 0.6) is 0 Å². The van der Waals surface area contributed by atoms with Crippen LogP contribution in [0.25, 0.3) is 0 Å². The van der Waals surface area contributed by atoms with Crippen LogP contribution in [-0.4, -0.2) is 34.0 Å². The van der Waals surface area contributed by atoms with Crippen LogP contribution >= 0.6 is 47.2 Å². The number of thioether (sulfide) groups is 1. The van der Waals surface area contributed by atoms with E-state index in [9.17, 15) is 4.79 Å². The fourth-order valence-corrected chi connectivity index (χ4v) is 3.81. The standard InChI is InChI=1S/C15H18Cl2N2OS2/c1-10-2-4-19(5-3-10)15(21)22-9-14(20)18-13-7-11(16)6-12(17)8-13/h6-8,10H,2-5,9H2,1H3,(H,18,20).